The van der Waals surface area contributed by atoms with E-state index in [2.05, 4.69) is 20.6 Å². The van der Waals surface area contributed by atoms with Crippen LogP contribution >= 0.6 is 11.8 Å². The number of hydrazone groups is 1. The molecule has 0 atom stereocenters. The highest BCUT2D eigenvalue weighted by Crippen LogP contribution is 2.25. The van der Waals surface area contributed by atoms with Gasteiger partial charge in [0.2, 0.25) is 11.8 Å². The van der Waals surface area contributed by atoms with E-state index in [1.54, 1.807) is 43.5 Å². The number of benzene rings is 2. The summed E-state index contributed by atoms with van der Waals surface area (Å²) in [5, 5.41) is 16.3. The number of rotatable bonds is 6. The van der Waals surface area contributed by atoms with E-state index in [1.807, 2.05) is 18.2 Å². The summed E-state index contributed by atoms with van der Waals surface area (Å²) in [4.78, 5) is 24.4. The summed E-state index contributed by atoms with van der Waals surface area (Å²) in [7, 11) is 1.59. The first-order valence-electron chi connectivity index (χ1n) is 8.98. The Morgan fingerprint density at radius 2 is 1.93 bits per heavy atom. The first kappa shape index (κ1) is 19.6. The Morgan fingerprint density at radius 1 is 1.17 bits per heavy atom. The first-order chi connectivity index (χ1) is 14.6. The lowest BCUT2D eigenvalue weighted by Crippen LogP contribution is -2.31. The lowest BCUT2D eigenvalue weighted by atomic mass is 10.2. The number of nitrogens with zero attached hydrogens (tertiary/aromatic N) is 4. The maximum Gasteiger partial charge on any atom is 0.277 e. The fourth-order valence-corrected chi connectivity index (χ4v) is 3.28. The molecular formula is C20H17N5O4S. The smallest absolute Gasteiger partial charge is 0.277 e. The van der Waals surface area contributed by atoms with Gasteiger partial charge in [-0.3, -0.25) is 9.59 Å². The Bertz CT molecular complexity index is 1080. The van der Waals surface area contributed by atoms with Crippen molar-refractivity contribution < 1.29 is 18.7 Å². The van der Waals surface area contributed by atoms with Gasteiger partial charge in [0.15, 0.2) is 0 Å². The van der Waals surface area contributed by atoms with Crippen LogP contribution in [0.1, 0.15) is 6.42 Å². The lowest BCUT2D eigenvalue weighted by molar-refractivity contribution is -0.117. The number of thioether (sulfide) groups is 1. The summed E-state index contributed by atoms with van der Waals surface area (Å²) >= 11 is 1.10. The number of ether oxygens (including phenoxy) is 1. The number of carbonyl (C=O) groups excluding carboxylic acids is 2. The van der Waals surface area contributed by atoms with Crippen LogP contribution in [0.2, 0.25) is 0 Å². The average molecular weight is 423 g/mol. The van der Waals surface area contributed by atoms with Crippen LogP contribution in [-0.4, -0.2) is 40.7 Å². The highest BCUT2D eigenvalue weighted by atomic mass is 32.2. The van der Waals surface area contributed by atoms with Crippen molar-refractivity contribution in [3.05, 3.63) is 54.6 Å². The molecule has 9 nitrogen and oxygen atoms in total. The molecule has 1 aliphatic heterocycles. The Morgan fingerprint density at radius 3 is 2.67 bits per heavy atom. The predicted molar refractivity (Wildman–Crippen MR) is 111 cm³/mol. The zero-order valence-corrected chi connectivity index (χ0v) is 16.8. The van der Waals surface area contributed by atoms with Crippen molar-refractivity contribution in [2.75, 3.05) is 17.9 Å². The van der Waals surface area contributed by atoms with Crippen LogP contribution in [0.15, 0.2) is 69.3 Å². The lowest BCUT2D eigenvalue weighted by Gasteiger charge is -2.10. The van der Waals surface area contributed by atoms with Gasteiger partial charge in [-0.2, -0.15) is 10.1 Å². The number of methoxy groups -OCH3 is 1. The van der Waals surface area contributed by atoms with Crippen LogP contribution in [-0.2, 0) is 9.59 Å². The molecule has 2 aromatic carbocycles. The third kappa shape index (κ3) is 4.49. The molecule has 0 radical (unpaired) electrons. The van der Waals surface area contributed by atoms with Gasteiger partial charge in [-0.05, 0) is 36.4 Å². The van der Waals surface area contributed by atoms with Gasteiger partial charge in [0.05, 0.1) is 25.0 Å². The molecule has 0 spiro atoms. The molecule has 0 saturated heterocycles. The van der Waals surface area contributed by atoms with E-state index in [0.717, 1.165) is 23.1 Å². The van der Waals surface area contributed by atoms with Crippen molar-refractivity contribution in [3.63, 3.8) is 0 Å². The molecule has 0 fully saturated rings. The molecule has 30 heavy (non-hydrogen) atoms. The number of hydrogen-bond acceptors (Lipinski definition) is 8. The van der Waals surface area contributed by atoms with E-state index >= 15 is 0 Å². The van der Waals surface area contributed by atoms with Gasteiger partial charge in [0.25, 0.3) is 11.1 Å². The van der Waals surface area contributed by atoms with Crippen molar-refractivity contribution >= 4 is 35.1 Å². The number of amides is 2. The second kappa shape index (κ2) is 8.78. The Balaban J connectivity index is 1.32. The molecule has 2 heterocycles. The molecule has 1 aromatic heterocycles. The molecule has 1 N–H and O–H groups in total. The molecule has 0 bridgehead atoms. The van der Waals surface area contributed by atoms with Gasteiger partial charge in [0.1, 0.15) is 11.6 Å². The van der Waals surface area contributed by atoms with Crippen molar-refractivity contribution in [1.29, 1.82) is 0 Å². The number of amidine groups is 1. The summed E-state index contributed by atoms with van der Waals surface area (Å²) in [5.74, 6) is 0.909. The van der Waals surface area contributed by atoms with Crippen molar-refractivity contribution in [2.45, 2.75) is 11.6 Å². The molecule has 3 aromatic rings. The minimum absolute atomic E-state index is 0.0352. The van der Waals surface area contributed by atoms with E-state index in [0.29, 0.717) is 17.4 Å². The third-order valence-corrected chi connectivity index (χ3v) is 4.95. The summed E-state index contributed by atoms with van der Waals surface area (Å²) < 4.78 is 10.7. The monoisotopic (exact) mass is 423 g/mol. The number of anilines is 1. The van der Waals surface area contributed by atoms with Crippen LogP contribution in [0.3, 0.4) is 0 Å². The highest BCUT2D eigenvalue weighted by Gasteiger charge is 2.26. The summed E-state index contributed by atoms with van der Waals surface area (Å²) in [5.41, 5.74) is 1.40. The number of carbonyl (C=O) groups is 2. The van der Waals surface area contributed by atoms with E-state index < -0.39 is 0 Å². The highest BCUT2D eigenvalue weighted by molar-refractivity contribution is 7.99. The zero-order chi connectivity index (χ0) is 20.9. The Kier molecular flexibility index (Phi) is 5.75. The summed E-state index contributed by atoms with van der Waals surface area (Å²) in [6, 6.07) is 16.2. The number of aromatic nitrogens is 2. The molecule has 0 unspecified atom stereocenters. The second-order valence-corrected chi connectivity index (χ2v) is 7.13. The first-order valence-corrected chi connectivity index (χ1v) is 9.97. The SMILES string of the molecule is COc1ccc(-c2nnc(SCC(=O)NC3=NN(c4ccccc4)C(=O)C3)o2)cc1. The van der Waals surface area contributed by atoms with Crippen molar-refractivity contribution in [2.24, 2.45) is 5.10 Å². The summed E-state index contributed by atoms with van der Waals surface area (Å²) in [6.07, 6.45) is 0.0352. The molecule has 1 aliphatic rings. The Hall–Kier alpha value is -3.66. The average Bonchev–Trinajstić information content (AvgIpc) is 3.39. The largest absolute Gasteiger partial charge is 0.497 e. The normalized spacial score (nSPS) is 13.3. The van der Waals surface area contributed by atoms with Crippen LogP contribution in [0.4, 0.5) is 5.69 Å². The van der Waals surface area contributed by atoms with E-state index in [4.69, 9.17) is 9.15 Å². The van der Waals surface area contributed by atoms with Gasteiger partial charge in [-0.15, -0.1) is 10.2 Å². The Labute approximate surface area is 176 Å². The molecule has 0 saturated carbocycles. The van der Waals surface area contributed by atoms with Gasteiger partial charge in [0, 0.05) is 5.56 Å². The molecule has 4 rings (SSSR count). The molecule has 0 aliphatic carbocycles. The fraction of sp³-hybridized carbons (Fsp3) is 0.150. The van der Waals surface area contributed by atoms with E-state index in [1.165, 1.54) is 5.01 Å². The number of para-hydroxylation sites is 1. The molecule has 2 amide bonds. The van der Waals surface area contributed by atoms with Crippen LogP contribution in [0.5, 0.6) is 5.75 Å². The van der Waals surface area contributed by atoms with E-state index in [-0.39, 0.29) is 29.2 Å². The quantitative estimate of drug-likeness (QED) is 0.607. The van der Waals surface area contributed by atoms with Gasteiger partial charge in [-0.1, -0.05) is 30.0 Å². The van der Waals surface area contributed by atoms with Crippen LogP contribution < -0.4 is 15.1 Å². The maximum absolute atomic E-state index is 12.2. The standard InChI is InChI=1S/C20H17N5O4S/c1-28-15-9-7-13(8-10-15)19-22-23-20(29-19)30-12-17(26)21-16-11-18(27)25(24-16)14-5-3-2-4-6-14/h2-10H,11-12H2,1H3,(H,21,24,26). The summed E-state index contributed by atoms with van der Waals surface area (Å²) in [6.45, 7) is 0. The van der Waals surface area contributed by atoms with E-state index in [9.17, 15) is 9.59 Å². The molecule has 152 valence electrons. The van der Waals surface area contributed by atoms with Crippen molar-refractivity contribution in [3.8, 4) is 17.2 Å². The number of nitrogens with one attached hydrogen (secondary N) is 1. The van der Waals surface area contributed by atoms with Gasteiger partial charge >= 0.3 is 0 Å². The van der Waals surface area contributed by atoms with Gasteiger partial charge in [-0.25, -0.2) is 0 Å². The topological polar surface area (TPSA) is 110 Å². The molecular weight excluding hydrogens is 406 g/mol. The number of hydrogen-bond donors (Lipinski definition) is 1. The maximum atomic E-state index is 12.2. The van der Waals surface area contributed by atoms with Crippen molar-refractivity contribution in [1.82, 2.24) is 15.5 Å². The van der Waals surface area contributed by atoms with Crippen LogP contribution in [0, 0.1) is 0 Å². The second-order valence-electron chi connectivity index (χ2n) is 6.20. The third-order valence-electron chi connectivity index (χ3n) is 4.13. The van der Waals surface area contributed by atoms with Crippen LogP contribution in [0.25, 0.3) is 11.5 Å². The minimum atomic E-state index is -0.314. The minimum Gasteiger partial charge on any atom is -0.497 e. The zero-order valence-electron chi connectivity index (χ0n) is 15.9. The fourth-order valence-electron chi connectivity index (χ4n) is 2.71. The predicted octanol–water partition coefficient (Wildman–Crippen LogP) is 2.70. The van der Waals surface area contributed by atoms with Gasteiger partial charge < -0.3 is 14.5 Å². The molecule has 10 heteroatoms.